The predicted octanol–water partition coefficient (Wildman–Crippen LogP) is 0.934. The van der Waals surface area contributed by atoms with E-state index < -0.39 is 35.8 Å². The lowest BCUT2D eigenvalue weighted by Crippen LogP contribution is -1.78. The van der Waals surface area contributed by atoms with Crippen molar-refractivity contribution in [1.29, 1.82) is 0 Å². The van der Waals surface area contributed by atoms with Crippen LogP contribution in [0.15, 0.2) is 0 Å². The van der Waals surface area contributed by atoms with E-state index in [1.54, 1.807) is 0 Å². The highest BCUT2D eigenvalue weighted by Crippen LogP contribution is 1.61. The molecule has 7 N–H and O–H groups in total. The largest absolute Gasteiger partial charge is 0.481 e. The molecule has 0 saturated carbocycles. The molecule has 0 rings (SSSR count). The number of hydrogen-bond acceptors (Lipinski definition) is 7. The Morgan fingerprint density at radius 2 is 0.500 bits per heavy atom. The van der Waals surface area contributed by atoms with E-state index in [1.807, 2.05) is 6.92 Å². The van der Waals surface area contributed by atoms with E-state index >= 15 is 0 Å². The van der Waals surface area contributed by atoms with Crippen molar-refractivity contribution in [3.63, 3.8) is 0 Å². The van der Waals surface area contributed by atoms with Gasteiger partial charge in [0.1, 0.15) is 0 Å². The number of hydrogen-bond donors (Lipinski definition) is 7. The molecular formula is C15H32O13. The van der Waals surface area contributed by atoms with E-state index in [0.29, 0.717) is 6.61 Å². The van der Waals surface area contributed by atoms with Gasteiger partial charge in [0, 0.05) is 48.1 Å². The molecule has 0 spiro atoms. The van der Waals surface area contributed by atoms with Gasteiger partial charge in [-0.3, -0.25) is 28.8 Å². The summed E-state index contributed by atoms with van der Waals surface area (Å²) in [6.07, 6.45) is 0.875. The van der Waals surface area contributed by atoms with E-state index in [1.165, 1.54) is 0 Å². The van der Waals surface area contributed by atoms with Crippen molar-refractivity contribution in [2.24, 2.45) is 0 Å². The van der Waals surface area contributed by atoms with Crippen molar-refractivity contribution in [3.05, 3.63) is 0 Å². The smallest absolute Gasteiger partial charge is 0.300 e. The summed E-state index contributed by atoms with van der Waals surface area (Å²) in [6, 6.07) is 0. The Morgan fingerprint density at radius 3 is 0.500 bits per heavy atom. The number of carboxylic acids is 6. The molecule has 0 aromatic carbocycles. The van der Waals surface area contributed by atoms with E-state index in [-0.39, 0.29) is 0 Å². The first-order chi connectivity index (χ1) is 12.3. The molecular weight excluding hydrogens is 388 g/mol. The molecule has 0 amide bonds. The van der Waals surface area contributed by atoms with E-state index in [2.05, 4.69) is 0 Å². The van der Waals surface area contributed by atoms with Crippen molar-refractivity contribution < 1.29 is 64.5 Å². The summed E-state index contributed by atoms with van der Waals surface area (Å²) in [5.41, 5.74) is 0. The molecule has 0 aliphatic rings. The number of carbonyl (C=O) groups is 6. The third-order valence-corrected chi connectivity index (χ3v) is 0.224. The van der Waals surface area contributed by atoms with Crippen LogP contribution in [0.25, 0.3) is 0 Å². The zero-order chi connectivity index (χ0) is 24.9. The molecule has 0 aromatic rings. The monoisotopic (exact) mass is 420 g/mol. The van der Waals surface area contributed by atoms with Crippen LogP contribution in [0, 0.1) is 0 Å². The molecule has 0 aliphatic carbocycles. The summed E-state index contributed by atoms with van der Waals surface area (Å²) in [5.74, 6) is -5.00. The van der Waals surface area contributed by atoms with Crippen LogP contribution in [-0.4, -0.2) is 78.2 Å². The molecule has 0 radical (unpaired) electrons. The quantitative estimate of drug-likeness (QED) is 0.312. The van der Waals surface area contributed by atoms with Crippen molar-refractivity contribution in [2.75, 3.05) is 6.61 Å². The molecule has 0 heterocycles. The SMILES string of the molecule is CC(=O)O.CC(=O)O.CC(=O)O.CC(=O)O.CC(=O)O.CC(=O)O.CCCO. The van der Waals surface area contributed by atoms with Crippen molar-refractivity contribution in [1.82, 2.24) is 0 Å². The normalized spacial score (nSPS) is 6.43. The Labute approximate surface area is 162 Å². The molecule has 0 aliphatic heterocycles. The second-order valence-electron chi connectivity index (χ2n) is 3.84. The zero-order valence-electron chi connectivity index (χ0n) is 17.0. The first-order valence-corrected chi connectivity index (χ1v) is 7.09. The van der Waals surface area contributed by atoms with Gasteiger partial charge in [0.25, 0.3) is 35.8 Å². The van der Waals surface area contributed by atoms with Crippen LogP contribution in [0.5, 0.6) is 0 Å². The summed E-state index contributed by atoms with van der Waals surface area (Å²) in [5, 5.41) is 52.4. The Morgan fingerprint density at radius 1 is 0.464 bits per heavy atom. The van der Waals surface area contributed by atoms with Crippen LogP contribution in [0.2, 0.25) is 0 Å². The Hall–Kier alpha value is -3.22. The predicted molar refractivity (Wildman–Crippen MR) is 97.2 cm³/mol. The molecule has 0 fully saturated rings. The third kappa shape index (κ3) is 2190. The first kappa shape index (κ1) is 44.3. The van der Waals surface area contributed by atoms with Gasteiger partial charge < -0.3 is 35.7 Å². The molecule has 170 valence electrons. The molecule has 28 heavy (non-hydrogen) atoms. The van der Waals surface area contributed by atoms with Crippen molar-refractivity contribution >= 4 is 35.8 Å². The maximum Gasteiger partial charge on any atom is 0.300 e. The highest BCUT2D eigenvalue weighted by atomic mass is 16.4. The topological polar surface area (TPSA) is 244 Å². The van der Waals surface area contributed by atoms with Gasteiger partial charge in [-0.05, 0) is 6.42 Å². The summed E-state index contributed by atoms with van der Waals surface area (Å²) >= 11 is 0. The number of carboxylic acid groups (broad SMARTS) is 6. The van der Waals surface area contributed by atoms with Gasteiger partial charge in [0.15, 0.2) is 0 Å². The van der Waals surface area contributed by atoms with E-state index in [4.69, 9.17) is 64.5 Å². The molecule has 13 heteroatoms. The lowest BCUT2D eigenvalue weighted by molar-refractivity contribution is -0.135. The maximum absolute atomic E-state index is 9.00. The Balaban J connectivity index is -0.0000000367. The number of rotatable bonds is 1. The highest BCUT2D eigenvalue weighted by molar-refractivity contribution is 5.64. The van der Waals surface area contributed by atoms with E-state index in [9.17, 15) is 0 Å². The molecule has 0 aromatic heterocycles. The van der Waals surface area contributed by atoms with Gasteiger partial charge >= 0.3 is 0 Å². The lowest BCUT2D eigenvalue weighted by atomic mass is 10.5. The summed E-state index contributed by atoms with van der Waals surface area (Å²) in [4.78, 5) is 54.0. The molecule has 0 saturated heterocycles. The van der Waals surface area contributed by atoms with Crippen LogP contribution < -0.4 is 0 Å². The second-order valence-corrected chi connectivity index (χ2v) is 3.84. The van der Waals surface area contributed by atoms with Crippen LogP contribution >= 0.6 is 0 Å². The Kier molecular flexibility index (Phi) is 69.4. The fourth-order valence-corrected chi connectivity index (χ4v) is 0. The number of aliphatic hydroxyl groups is 1. The molecule has 0 unspecified atom stereocenters. The molecule has 0 bridgehead atoms. The second kappa shape index (κ2) is 43.8. The van der Waals surface area contributed by atoms with Gasteiger partial charge in [-0.1, -0.05) is 6.92 Å². The minimum absolute atomic E-state index is 0.319. The summed E-state index contributed by atoms with van der Waals surface area (Å²) < 4.78 is 0. The first-order valence-electron chi connectivity index (χ1n) is 7.09. The average molecular weight is 420 g/mol. The van der Waals surface area contributed by atoms with Crippen molar-refractivity contribution in [2.45, 2.75) is 54.9 Å². The lowest BCUT2D eigenvalue weighted by Gasteiger charge is -1.69. The van der Waals surface area contributed by atoms with Crippen LogP contribution in [0.1, 0.15) is 54.9 Å². The van der Waals surface area contributed by atoms with Gasteiger partial charge in [0.05, 0.1) is 0 Å². The Bertz CT molecular complexity index is 284. The zero-order valence-corrected chi connectivity index (χ0v) is 17.0. The molecule has 0 atom stereocenters. The fraction of sp³-hybridized carbons (Fsp3) is 0.600. The third-order valence-electron chi connectivity index (χ3n) is 0.224. The standard InChI is InChI=1S/C3H8O.6C2H4O2/c1-2-3-4;6*1-2(3)4/h4H,2-3H2,1H3;6*1H3,(H,3,4). The van der Waals surface area contributed by atoms with Gasteiger partial charge in [0.2, 0.25) is 0 Å². The van der Waals surface area contributed by atoms with Crippen LogP contribution in [0.4, 0.5) is 0 Å². The average Bonchev–Trinajstić information content (AvgIpc) is 2.34. The molecule has 13 nitrogen and oxygen atoms in total. The van der Waals surface area contributed by atoms with Gasteiger partial charge in [-0.25, -0.2) is 0 Å². The minimum atomic E-state index is -0.833. The van der Waals surface area contributed by atoms with Gasteiger partial charge in [-0.15, -0.1) is 0 Å². The maximum atomic E-state index is 9.00. The van der Waals surface area contributed by atoms with Gasteiger partial charge in [-0.2, -0.15) is 0 Å². The summed E-state index contributed by atoms with van der Waals surface area (Å²) in [7, 11) is 0. The summed E-state index contributed by atoms with van der Waals surface area (Å²) in [6.45, 7) is 8.75. The minimum Gasteiger partial charge on any atom is -0.481 e. The van der Waals surface area contributed by atoms with Crippen LogP contribution in [-0.2, 0) is 28.8 Å². The highest BCUT2D eigenvalue weighted by Gasteiger charge is 1.67. The van der Waals surface area contributed by atoms with Crippen LogP contribution in [0.3, 0.4) is 0 Å². The van der Waals surface area contributed by atoms with Crippen molar-refractivity contribution in [3.8, 4) is 0 Å². The number of aliphatic hydroxyl groups excluding tert-OH is 1. The fourth-order valence-electron chi connectivity index (χ4n) is 0. The van der Waals surface area contributed by atoms with E-state index in [0.717, 1.165) is 48.0 Å². The number of aliphatic carboxylic acids is 6.